The summed E-state index contributed by atoms with van der Waals surface area (Å²) in [7, 11) is 0. The fourth-order valence-electron chi connectivity index (χ4n) is 4.66. The Morgan fingerprint density at radius 2 is 1.68 bits per heavy atom. The van der Waals surface area contributed by atoms with Crippen LogP contribution < -0.4 is 0 Å². The van der Waals surface area contributed by atoms with Gasteiger partial charge in [-0.2, -0.15) is 0 Å². The average Bonchev–Trinajstić information content (AvgIpc) is 2.72. The van der Waals surface area contributed by atoms with Crippen molar-refractivity contribution in [3.05, 3.63) is 0 Å². The number of fused-ring (bicyclic) bond motifs is 3. The zero-order valence-electron chi connectivity index (χ0n) is 15.1. The lowest BCUT2D eigenvalue weighted by Gasteiger charge is -2.42. The molecule has 5 aliphatic heterocycles. The summed E-state index contributed by atoms with van der Waals surface area (Å²) in [5.74, 6) is -1.90. The number of carbonyl (C=O) groups excluding carboxylic acids is 1. The molecule has 0 N–H and O–H groups in total. The molecule has 1 spiro atoms. The standard InChI is InChI=1S/C17H24O8/c1-14(2)19-6-8(21-14)9-17(7-16(5)10(23-16)12(18)24-17)11-13(20-9)25-15(3,4)22-11/h8-11,13H,6-7H2,1-5H3/t8-,9?,10-,11+,13-,16+,17-/m1/s1. The van der Waals surface area contributed by atoms with Gasteiger partial charge in [0.25, 0.3) is 0 Å². The molecular weight excluding hydrogens is 332 g/mol. The summed E-state index contributed by atoms with van der Waals surface area (Å²) >= 11 is 0. The molecule has 25 heavy (non-hydrogen) atoms. The van der Waals surface area contributed by atoms with Gasteiger partial charge in [-0.25, -0.2) is 4.79 Å². The Balaban J connectivity index is 1.52. The van der Waals surface area contributed by atoms with Crippen molar-refractivity contribution < 1.29 is 38.0 Å². The van der Waals surface area contributed by atoms with Crippen LogP contribution in [0.3, 0.4) is 0 Å². The normalized spacial score (nSPS) is 55.1. The lowest BCUT2D eigenvalue weighted by Crippen LogP contribution is -2.61. The maximum Gasteiger partial charge on any atom is 0.339 e. The van der Waals surface area contributed by atoms with Crippen LogP contribution >= 0.6 is 0 Å². The van der Waals surface area contributed by atoms with Gasteiger partial charge in [-0.1, -0.05) is 0 Å². The first-order valence-corrected chi connectivity index (χ1v) is 8.77. The van der Waals surface area contributed by atoms with Gasteiger partial charge in [0.15, 0.2) is 35.7 Å². The van der Waals surface area contributed by atoms with Crippen molar-refractivity contribution >= 4 is 5.97 Å². The molecule has 0 aromatic rings. The number of rotatable bonds is 1. The maximum absolute atomic E-state index is 12.5. The van der Waals surface area contributed by atoms with Crippen LogP contribution in [0, 0.1) is 0 Å². The van der Waals surface area contributed by atoms with Gasteiger partial charge in [-0.3, -0.25) is 0 Å². The number of hydrogen-bond donors (Lipinski definition) is 0. The molecule has 1 unspecified atom stereocenters. The molecular formula is C17H24O8. The van der Waals surface area contributed by atoms with E-state index in [4.69, 9.17) is 33.2 Å². The number of carbonyl (C=O) groups is 1. The second kappa shape index (κ2) is 4.55. The maximum atomic E-state index is 12.5. The molecule has 0 amide bonds. The fourth-order valence-corrected chi connectivity index (χ4v) is 4.66. The minimum absolute atomic E-state index is 0.348. The summed E-state index contributed by atoms with van der Waals surface area (Å²) in [5.41, 5.74) is -1.58. The molecule has 0 aromatic carbocycles. The lowest BCUT2D eigenvalue weighted by atomic mass is 9.78. The Labute approximate surface area is 146 Å². The Hall–Kier alpha value is -0.770. The molecule has 8 nitrogen and oxygen atoms in total. The van der Waals surface area contributed by atoms with Crippen molar-refractivity contribution in [1.82, 2.24) is 0 Å². The van der Waals surface area contributed by atoms with Gasteiger partial charge in [0.2, 0.25) is 0 Å². The highest BCUT2D eigenvalue weighted by Crippen LogP contribution is 2.58. The first kappa shape index (κ1) is 16.4. The highest BCUT2D eigenvalue weighted by atomic mass is 16.9. The van der Waals surface area contributed by atoms with E-state index in [2.05, 4.69) is 0 Å². The summed E-state index contributed by atoms with van der Waals surface area (Å²) in [4.78, 5) is 12.5. The number of hydrogen-bond acceptors (Lipinski definition) is 8. The summed E-state index contributed by atoms with van der Waals surface area (Å²) < 4.78 is 41.4. The number of esters is 1. The first-order chi connectivity index (χ1) is 11.5. The zero-order valence-corrected chi connectivity index (χ0v) is 15.1. The van der Waals surface area contributed by atoms with Crippen LogP contribution in [0.4, 0.5) is 0 Å². The van der Waals surface area contributed by atoms with E-state index < -0.39 is 47.4 Å². The second-order valence-electron chi connectivity index (χ2n) is 8.71. The minimum Gasteiger partial charge on any atom is -0.451 e. The summed E-state index contributed by atoms with van der Waals surface area (Å²) in [5, 5.41) is 0. The smallest absolute Gasteiger partial charge is 0.339 e. The van der Waals surface area contributed by atoms with Gasteiger partial charge >= 0.3 is 5.97 Å². The predicted molar refractivity (Wildman–Crippen MR) is 80.3 cm³/mol. The zero-order chi connectivity index (χ0) is 17.8. The Morgan fingerprint density at radius 1 is 0.920 bits per heavy atom. The molecule has 5 fully saturated rings. The van der Waals surface area contributed by atoms with E-state index in [0.29, 0.717) is 13.0 Å². The van der Waals surface area contributed by atoms with E-state index in [1.807, 2.05) is 34.6 Å². The average molecular weight is 356 g/mol. The molecule has 0 radical (unpaired) electrons. The van der Waals surface area contributed by atoms with Crippen molar-refractivity contribution in [2.75, 3.05) is 6.61 Å². The van der Waals surface area contributed by atoms with E-state index >= 15 is 0 Å². The lowest BCUT2D eigenvalue weighted by molar-refractivity contribution is -0.257. The van der Waals surface area contributed by atoms with Gasteiger partial charge in [0.05, 0.1) is 6.61 Å². The summed E-state index contributed by atoms with van der Waals surface area (Å²) in [6.45, 7) is 9.60. The minimum atomic E-state index is -1.02. The van der Waals surface area contributed by atoms with Gasteiger partial charge in [-0.05, 0) is 34.6 Å². The third-order valence-electron chi connectivity index (χ3n) is 5.69. The third-order valence-corrected chi connectivity index (χ3v) is 5.69. The summed E-state index contributed by atoms with van der Waals surface area (Å²) in [6, 6.07) is 0. The predicted octanol–water partition coefficient (Wildman–Crippen LogP) is 0.857. The Kier molecular flexibility index (Phi) is 2.99. The third kappa shape index (κ3) is 2.25. The van der Waals surface area contributed by atoms with E-state index in [-0.39, 0.29) is 12.1 Å². The number of ether oxygens (including phenoxy) is 7. The molecule has 5 aliphatic rings. The van der Waals surface area contributed by atoms with Crippen LogP contribution in [0.5, 0.6) is 0 Å². The number of epoxide rings is 1. The largest absolute Gasteiger partial charge is 0.451 e. The molecule has 5 rings (SSSR count). The Bertz CT molecular complexity index is 632. The fraction of sp³-hybridized carbons (Fsp3) is 0.941. The molecule has 5 saturated heterocycles. The van der Waals surface area contributed by atoms with Crippen LogP contribution in [0.25, 0.3) is 0 Å². The van der Waals surface area contributed by atoms with Crippen LogP contribution in [0.2, 0.25) is 0 Å². The molecule has 0 bridgehead atoms. The van der Waals surface area contributed by atoms with Crippen LogP contribution in [-0.4, -0.2) is 66.1 Å². The molecule has 8 heteroatoms. The van der Waals surface area contributed by atoms with Crippen molar-refractivity contribution in [1.29, 1.82) is 0 Å². The first-order valence-electron chi connectivity index (χ1n) is 8.77. The van der Waals surface area contributed by atoms with Crippen molar-refractivity contribution in [3.8, 4) is 0 Å². The monoisotopic (exact) mass is 356 g/mol. The quantitative estimate of drug-likeness (QED) is 0.505. The van der Waals surface area contributed by atoms with Crippen molar-refractivity contribution in [3.63, 3.8) is 0 Å². The SMILES string of the molecule is CC1(C)OC[C@H](C2O[C@@H]3OC(C)(C)O[C@@H]3[C@@]23C[C@]2(C)O[C@@H]2C(=O)O3)O1. The van der Waals surface area contributed by atoms with Crippen LogP contribution in [0.15, 0.2) is 0 Å². The van der Waals surface area contributed by atoms with E-state index in [0.717, 1.165) is 0 Å². The molecule has 5 heterocycles. The van der Waals surface area contributed by atoms with Gasteiger partial charge in [-0.15, -0.1) is 0 Å². The van der Waals surface area contributed by atoms with Crippen LogP contribution in [-0.2, 0) is 38.0 Å². The highest BCUT2D eigenvalue weighted by Gasteiger charge is 2.77. The van der Waals surface area contributed by atoms with Crippen molar-refractivity contribution in [2.24, 2.45) is 0 Å². The van der Waals surface area contributed by atoms with Gasteiger partial charge < -0.3 is 33.2 Å². The van der Waals surface area contributed by atoms with E-state index in [1.165, 1.54) is 0 Å². The molecule has 0 aliphatic carbocycles. The van der Waals surface area contributed by atoms with E-state index in [9.17, 15) is 4.79 Å². The second-order valence-corrected chi connectivity index (χ2v) is 8.71. The molecule has 0 aromatic heterocycles. The topological polar surface area (TPSA) is 85.0 Å². The van der Waals surface area contributed by atoms with Crippen LogP contribution in [0.1, 0.15) is 41.0 Å². The summed E-state index contributed by atoms with van der Waals surface area (Å²) in [6.07, 6.45) is -2.13. The molecule has 7 atom stereocenters. The van der Waals surface area contributed by atoms with Crippen molar-refractivity contribution in [2.45, 2.75) is 94.5 Å². The van der Waals surface area contributed by atoms with E-state index in [1.54, 1.807) is 0 Å². The molecule has 0 saturated carbocycles. The highest BCUT2D eigenvalue weighted by molar-refractivity contribution is 5.81. The van der Waals surface area contributed by atoms with Gasteiger partial charge in [0, 0.05) is 6.42 Å². The molecule has 140 valence electrons. The van der Waals surface area contributed by atoms with Gasteiger partial charge in [0.1, 0.15) is 17.8 Å². The Morgan fingerprint density at radius 3 is 2.32 bits per heavy atom.